The van der Waals surface area contributed by atoms with Gasteiger partial charge in [-0.3, -0.25) is 14.9 Å². The van der Waals surface area contributed by atoms with E-state index in [1.165, 1.54) is 40.3 Å². The fourth-order valence-electron chi connectivity index (χ4n) is 3.64. The lowest BCUT2D eigenvalue weighted by Gasteiger charge is -2.15. The van der Waals surface area contributed by atoms with Crippen LogP contribution < -0.4 is 20.1 Å². The third-order valence-electron chi connectivity index (χ3n) is 5.43. The summed E-state index contributed by atoms with van der Waals surface area (Å²) in [6, 6.07) is 10.9. The second-order valence-corrected chi connectivity index (χ2v) is 12.0. The molecule has 0 saturated carbocycles. The number of amides is 2. The van der Waals surface area contributed by atoms with Crippen molar-refractivity contribution in [3.8, 4) is 11.5 Å². The van der Waals surface area contributed by atoms with Gasteiger partial charge < -0.3 is 14.8 Å². The first-order valence-corrected chi connectivity index (χ1v) is 14.2. The fourth-order valence-corrected chi connectivity index (χ4v) is 6.71. The van der Waals surface area contributed by atoms with Gasteiger partial charge in [-0.05, 0) is 49.2 Å². The summed E-state index contributed by atoms with van der Waals surface area (Å²) in [5.74, 6) is 0.642. The van der Waals surface area contributed by atoms with Gasteiger partial charge in [0, 0.05) is 30.4 Å². The Balaban J connectivity index is 1.13. The van der Waals surface area contributed by atoms with E-state index in [0.29, 0.717) is 40.2 Å². The largest absolute Gasteiger partial charge is 0.454 e. The molecule has 1 aromatic heterocycles. The maximum Gasteiger partial charge on any atom is 0.257 e. The monoisotopic (exact) mass is 547 g/mol. The predicted octanol–water partition coefficient (Wildman–Crippen LogP) is 3.03. The molecule has 14 heteroatoms. The van der Waals surface area contributed by atoms with Crippen LogP contribution in [0.25, 0.3) is 0 Å². The summed E-state index contributed by atoms with van der Waals surface area (Å²) in [5.41, 5.74) is 0.886. The molecule has 3 heterocycles. The van der Waals surface area contributed by atoms with Gasteiger partial charge in [0.15, 0.2) is 15.8 Å². The van der Waals surface area contributed by atoms with Crippen molar-refractivity contribution in [2.24, 2.45) is 0 Å². The van der Waals surface area contributed by atoms with E-state index in [0.717, 1.165) is 24.2 Å². The molecule has 0 atom stereocenters. The Morgan fingerprint density at radius 2 is 1.75 bits per heavy atom. The van der Waals surface area contributed by atoms with Crippen LogP contribution in [0.3, 0.4) is 0 Å². The Labute approximate surface area is 215 Å². The first-order chi connectivity index (χ1) is 17.4. The summed E-state index contributed by atoms with van der Waals surface area (Å²) in [5, 5.41) is 13.6. The highest BCUT2D eigenvalue weighted by molar-refractivity contribution is 8.01. The van der Waals surface area contributed by atoms with Crippen LogP contribution >= 0.6 is 23.1 Å². The van der Waals surface area contributed by atoms with Crippen LogP contribution in [0.2, 0.25) is 0 Å². The molecule has 2 aromatic carbocycles. The van der Waals surface area contributed by atoms with Gasteiger partial charge in [-0.1, -0.05) is 23.1 Å². The summed E-state index contributed by atoms with van der Waals surface area (Å²) in [7, 11) is -3.54. The number of thioether (sulfide) groups is 1. The van der Waals surface area contributed by atoms with E-state index < -0.39 is 15.9 Å². The van der Waals surface area contributed by atoms with Crippen molar-refractivity contribution in [2.45, 2.75) is 22.1 Å². The van der Waals surface area contributed by atoms with Crippen LogP contribution in [0, 0.1) is 0 Å². The molecule has 1 fully saturated rings. The normalized spacial score (nSPS) is 15.1. The summed E-state index contributed by atoms with van der Waals surface area (Å²) in [6.07, 6.45) is 1.71. The number of fused-ring (bicyclic) bond motifs is 1. The molecule has 188 valence electrons. The molecule has 2 N–H and O–H groups in total. The van der Waals surface area contributed by atoms with E-state index in [4.69, 9.17) is 9.47 Å². The highest BCUT2D eigenvalue weighted by atomic mass is 32.2. The molecule has 5 rings (SSSR count). The topological polar surface area (TPSA) is 140 Å². The Morgan fingerprint density at radius 3 is 2.53 bits per heavy atom. The fraction of sp³-hybridized carbons (Fsp3) is 0.273. The van der Waals surface area contributed by atoms with Gasteiger partial charge in [0.1, 0.15) is 0 Å². The van der Waals surface area contributed by atoms with Crippen LogP contribution in [-0.2, 0) is 14.8 Å². The second-order valence-electron chi connectivity index (χ2n) is 7.87. The standard InChI is InChI=1S/C22H21N5O6S3/c28-19(23-15-5-8-17-18(11-15)33-13-32-17)12-34-22-26-25-21(35-22)24-20(29)14-3-6-16(7-4-14)36(30,31)27-9-1-2-10-27/h3-8,11H,1-2,9-10,12-13H2,(H,23,28)(H,24,25,29). The smallest absolute Gasteiger partial charge is 0.257 e. The average Bonchev–Trinajstić information content (AvgIpc) is 3.65. The zero-order chi connectivity index (χ0) is 25.1. The molecule has 36 heavy (non-hydrogen) atoms. The van der Waals surface area contributed by atoms with Gasteiger partial charge in [-0.25, -0.2) is 8.42 Å². The van der Waals surface area contributed by atoms with Gasteiger partial charge >= 0.3 is 0 Å². The number of carbonyl (C=O) groups is 2. The summed E-state index contributed by atoms with van der Waals surface area (Å²) >= 11 is 2.32. The molecule has 1 saturated heterocycles. The molecule has 0 unspecified atom stereocenters. The lowest BCUT2D eigenvalue weighted by atomic mass is 10.2. The number of aromatic nitrogens is 2. The number of carbonyl (C=O) groups excluding carboxylic acids is 2. The number of rotatable bonds is 8. The molecule has 0 aliphatic carbocycles. The molecule has 11 nitrogen and oxygen atoms in total. The average molecular weight is 548 g/mol. The number of benzene rings is 2. The Kier molecular flexibility index (Phi) is 7.09. The third-order valence-corrected chi connectivity index (χ3v) is 9.31. The minimum atomic E-state index is -3.54. The number of nitrogens with zero attached hydrogens (tertiary/aromatic N) is 3. The Morgan fingerprint density at radius 1 is 1.00 bits per heavy atom. The van der Waals surface area contributed by atoms with E-state index in [2.05, 4.69) is 20.8 Å². The van der Waals surface area contributed by atoms with E-state index in [9.17, 15) is 18.0 Å². The van der Waals surface area contributed by atoms with Gasteiger partial charge in [-0.15, -0.1) is 10.2 Å². The van der Waals surface area contributed by atoms with Crippen molar-refractivity contribution in [3.63, 3.8) is 0 Å². The minimum absolute atomic E-state index is 0.101. The minimum Gasteiger partial charge on any atom is -0.454 e. The van der Waals surface area contributed by atoms with Crippen LogP contribution in [-0.4, -0.2) is 60.4 Å². The molecular formula is C22H21N5O6S3. The predicted molar refractivity (Wildman–Crippen MR) is 134 cm³/mol. The number of ether oxygens (including phenoxy) is 2. The van der Waals surface area contributed by atoms with Gasteiger partial charge in [0.25, 0.3) is 5.91 Å². The maximum absolute atomic E-state index is 12.6. The van der Waals surface area contributed by atoms with Crippen molar-refractivity contribution in [1.29, 1.82) is 0 Å². The summed E-state index contributed by atoms with van der Waals surface area (Å²) < 4.78 is 37.8. The van der Waals surface area contributed by atoms with Crippen LogP contribution in [0.5, 0.6) is 11.5 Å². The number of hydrogen-bond acceptors (Lipinski definition) is 10. The van der Waals surface area contributed by atoms with Gasteiger partial charge in [0.05, 0.1) is 10.6 Å². The molecule has 2 amide bonds. The number of sulfonamides is 1. The maximum atomic E-state index is 12.6. The highest BCUT2D eigenvalue weighted by Gasteiger charge is 2.27. The number of anilines is 2. The van der Waals surface area contributed by atoms with Gasteiger partial charge in [-0.2, -0.15) is 4.31 Å². The van der Waals surface area contributed by atoms with Crippen LogP contribution in [0.15, 0.2) is 51.7 Å². The first kappa shape index (κ1) is 24.5. The lowest BCUT2D eigenvalue weighted by Crippen LogP contribution is -2.27. The summed E-state index contributed by atoms with van der Waals surface area (Å²) in [4.78, 5) is 25.0. The van der Waals surface area contributed by atoms with Crippen molar-refractivity contribution in [1.82, 2.24) is 14.5 Å². The zero-order valence-corrected chi connectivity index (χ0v) is 21.2. The lowest BCUT2D eigenvalue weighted by molar-refractivity contribution is -0.113. The molecule has 3 aromatic rings. The Bertz CT molecular complexity index is 1390. The SMILES string of the molecule is O=C(CSc1nnc(NC(=O)c2ccc(S(=O)(=O)N3CCCC3)cc2)s1)Nc1ccc2c(c1)OCO2. The van der Waals surface area contributed by atoms with E-state index in [1.54, 1.807) is 18.2 Å². The third kappa shape index (κ3) is 5.46. The first-order valence-electron chi connectivity index (χ1n) is 11.0. The van der Waals surface area contributed by atoms with E-state index >= 15 is 0 Å². The van der Waals surface area contributed by atoms with Crippen molar-refractivity contribution in [2.75, 3.05) is 36.3 Å². The van der Waals surface area contributed by atoms with Crippen LogP contribution in [0.1, 0.15) is 23.2 Å². The van der Waals surface area contributed by atoms with E-state index in [-0.39, 0.29) is 28.5 Å². The Hall–Kier alpha value is -3.20. The molecule has 0 spiro atoms. The molecule has 2 aliphatic rings. The van der Waals surface area contributed by atoms with Crippen molar-refractivity contribution in [3.05, 3.63) is 48.0 Å². The number of hydrogen-bond donors (Lipinski definition) is 2. The zero-order valence-electron chi connectivity index (χ0n) is 18.8. The van der Waals surface area contributed by atoms with Crippen molar-refractivity contribution < 1.29 is 27.5 Å². The van der Waals surface area contributed by atoms with E-state index in [1.807, 2.05) is 0 Å². The molecular weight excluding hydrogens is 526 g/mol. The van der Waals surface area contributed by atoms with Gasteiger partial charge in [0.2, 0.25) is 27.9 Å². The molecule has 0 radical (unpaired) electrons. The quantitative estimate of drug-likeness (QED) is 0.322. The van der Waals surface area contributed by atoms with Crippen molar-refractivity contribution >= 4 is 55.8 Å². The van der Waals surface area contributed by atoms with Crippen LogP contribution in [0.4, 0.5) is 10.8 Å². The molecule has 2 aliphatic heterocycles. The molecule has 0 bridgehead atoms. The summed E-state index contributed by atoms with van der Waals surface area (Å²) in [6.45, 7) is 1.19. The second kappa shape index (κ2) is 10.4. The number of nitrogens with one attached hydrogen (secondary N) is 2. The highest BCUT2D eigenvalue weighted by Crippen LogP contribution is 2.34.